The molecule has 0 atom stereocenters. The molecule has 0 bridgehead atoms. The van der Waals surface area contributed by atoms with Crippen LogP contribution in [-0.2, 0) is 16.0 Å². The summed E-state index contributed by atoms with van der Waals surface area (Å²) in [5.41, 5.74) is 4.43. The van der Waals surface area contributed by atoms with Crippen molar-refractivity contribution in [3.8, 4) is 0 Å². The first kappa shape index (κ1) is 20.4. The number of halogens is 1. The van der Waals surface area contributed by atoms with E-state index in [0.29, 0.717) is 38.6 Å². The molecule has 1 aliphatic rings. The summed E-state index contributed by atoms with van der Waals surface area (Å²) in [6.45, 7) is 8.23. The Balaban J connectivity index is 2.00. The Bertz CT molecular complexity index is 829. The molecule has 1 aliphatic heterocycles. The van der Waals surface area contributed by atoms with Crippen LogP contribution < -0.4 is 10.2 Å². The Hall–Kier alpha value is -2.38. The van der Waals surface area contributed by atoms with Crippen LogP contribution in [0, 0.1) is 19.7 Å². The SMILES string of the molecule is COCCNC(=O)c1c(C)c(N2CCOCC2)c(C)n1Cc1cccc(F)c1. The van der Waals surface area contributed by atoms with Crippen molar-refractivity contribution < 1.29 is 18.7 Å². The van der Waals surface area contributed by atoms with E-state index in [2.05, 4.69) is 10.2 Å². The average Bonchev–Trinajstić information content (AvgIpc) is 2.92. The molecule has 2 heterocycles. The van der Waals surface area contributed by atoms with Crippen LogP contribution in [0.1, 0.15) is 27.3 Å². The standard InChI is InChI=1S/C21H28FN3O3/c1-15-19(24-8-11-28-12-9-24)16(2)25(14-17-5-4-6-18(22)13-17)20(15)21(26)23-7-10-27-3/h4-6,13H,7-12,14H2,1-3H3,(H,23,26). The lowest BCUT2D eigenvalue weighted by Gasteiger charge is -2.29. The maximum atomic E-state index is 13.7. The molecule has 0 spiro atoms. The molecule has 1 fully saturated rings. The molecule has 0 saturated carbocycles. The van der Waals surface area contributed by atoms with Crippen LogP contribution in [0.3, 0.4) is 0 Å². The Morgan fingerprint density at radius 3 is 2.71 bits per heavy atom. The van der Waals surface area contributed by atoms with Gasteiger partial charge in [-0.15, -0.1) is 0 Å². The second-order valence-corrected chi connectivity index (χ2v) is 6.97. The number of morpholine rings is 1. The van der Waals surface area contributed by atoms with Crippen LogP contribution in [0.15, 0.2) is 24.3 Å². The number of hydrogen-bond acceptors (Lipinski definition) is 4. The highest BCUT2D eigenvalue weighted by Gasteiger charge is 2.26. The van der Waals surface area contributed by atoms with E-state index in [0.717, 1.165) is 35.6 Å². The number of benzene rings is 1. The first-order valence-electron chi connectivity index (χ1n) is 9.57. The summed E-state index contributed by atoms with van der Waals surface area (Å²) < 4.78 is 26.2. The first-order chi connectivity index (χ1) is 13.5. The number of ether oxygens (including phenoxy) is 2. The lowest BCUT2D eigenvalue weighted by molar-refractivity contribution is 0.0927. The maximum absolute atomic E-state index is 13.7. The second kappa shape index (κ2) is 9.21. The summed E-state index contributed by atoms with van der Waals surface area (Å²) in [6.07, 6.45) is 0. The zero-order valence-electron chi connectivity index (χ0n) is 16.8. The number of anilines is 1. The van der Waals surface area contributed by atoms with Crippen molar-refractivity contribution in [1.29, 1.82) is 0 Å². The number of nitrogens with zero attached hydrogens (tertiary/aromatic N) is 2. The predicted molar refractivity (Wildman–Crippen MR) is 107 cm³/mol. The van der Waals surface area contributed by atoms with E-state index in [1.54, 1.807) is 13.2 Å². The number of rotatable bonds is 7. The number of amides is 1. The minimum Gasteiger partial charge on any atom is -0.383 e. The third-order valence-corrected chi connectivity index (χ3v) is 5.09. The Morgan fingerprint density at radius 2 is 2.04 bits per heavy atom. The van der Waals surface area contributed by atoms with E-state index in [4.69, 9.17) is 9.47 Å². The van der Waals surface area contributed by atoms with Gasteiger partial charge in [0.05, 0.1) is 25.5 Å². The maximum Gasteiger partial charge on any atom is 0.268 e. The lowest BCUT2D eigenvalue weighted by Crippen LogP contribution is -2.36. The van der Waals surface area contributed by atoms with Gasteiger partial charge in [0.2, 0.25) is 0 Å². The highest BCUT2D eigenvalue weighted by molar-refractivity contribution is 5.96. The Morgan fingerprint density at radius 1 is 1.29 bits per heavy atom. The highest BCUT2D eigenvalue weighted by atomic mass is 19.1. The van der Waals surface area contributed by atoms with Crippen molar-refractivity contribution >= 4 is 11.6 Å². The van der Waals surface area contributed by atoms with Gasteiger partial charge in [-0.1, -0.05) is 12.1 Å². The molecule has 1 amide bonds. The van der Waals surface area contributed by atoms with Gasteiger partial charge < -0.3 is 24.3 Å². The van der Waals surface area contributed by atoms with Crippen LogP contribution in [-0.4, -0.2) is 57.0 Å². The summed E-state index contributed by atoms with van der Waals surface area (Å²) in [5, 5.41) is 2.92. The third-order valence-electron chi connectivity index (χ3n) is 5.09. The molecule has 2 aromatic rings. The predicted octanol–water partition coefficient (Wildman–Crippen LogP) is 2.51. The average molecular weight is 389 g/mol. The molecule has 7 heteroatoms. The van der Waals surface area contributed by atoms with Crippen molar-refractivity contribution in [2.75, 3.05) is 51.5 Å². The third kappa shape index (κ3) is 4.36. The summed E-state index contributed by atoms with van der Waals surface area (Å²) in [6, 6.07) is 6.50. The second-order valence-electron chi connectivity index (χ2n) is 6.97. The zero-order chi connectivity index (χ0) is 20.1. The fourth-order valence-corrected chi connectivity index (χ4v) is 3.79. The molecule has 6 nitrogen and oxygen atoms in total. The van der Waals surface area contributed by atoms with Gasteiger partial charge in [-0.25, -0.2) is 4.39 Å². The molecular formula is C21H28FN3O3. The fourth-order valence-electron chi connectivity index (χ4n) is 3.79. The number of carbonyl (C=O) groups is 1. The molecule has 0 aliphatic carbocycles. The van der Waals surface area contributed by atoms with Crippen LogP contribution >= 0.6 is 0 Å². The molecule has 152 valence electrons. The van der Waals surface area contributed by atoms with E-state index < -0.39 is 0 Å². The van der Waals surface area contributed by atoms with Crippen molar-refractivity contribution in [3.63, 3.8) is 0 Å². The normalized spacial score (nSPS) is 14.4. The molecule has 1 N–H and O–H groups in total. The monoisotopic (exact) mass is 389 g/mol. The van der Waals surface area contributed by atoms with Crippen LogP contribution in [0.2, 0.25) is 0 Å². The molecule has 1 saturated heterocycles. The molecule has 1 aromatic carbocycles. The lowest BCUT2D eigenvalue weighted by atomic mass is 10.2. The van der Waals surface area contributed by atoms with Crippen LogP contribution in [0.4, 0.5) is 10.1 Å². The summed E-state index contributed by atoms with van der Waals surface area (Å²) in [5.74, 6) is -0.424. The van der Waals surface area contributed by atoms with Crippen LogP contribution in [0.25, 0.3) is 0 Å². The smallest absolute Gasteiger partial charge is 0.268 e. The molecule has 0 radical (unpaired) electrons. The minimum absolute atomic E-state index is 0.145. The summed E-state index contributed by atoms with van der Waals surface area (Å²) >= 11 is 0. The van der Waals surface area contributed by atoms with Gasteiger partial charge in [-0.2, -0.15) is 0 Å². The molecular weight excluding hydrogens is 361 g/mol. The van der Waals surface area contributed by atoms with Gasteiger partial charge in [0.25, 0.3) is 5.91 Å². The number of aromatic nitrogens is 1. The van der Waals surface area contributed by atoms with Gasteiger partial charge in [0.1, 0.15) is 11.5 Å². The minimum atomic E-state index is -0.279. The zero-order valence-corrected chi connectivity index (χ0v) is 16.8. The van der Waals surface area contributed by atoms with E-state index in [1.165, 1.54) is 12.1 Å². The quantitative estimate of drug-likeness (QED) is 0.740. The molecule has 28 heavy (non-hydrogen) atoms. The van der Waals surface area contributed by atoms with E-state index in [-0.39, 0.29) is 11.7 Å². The summed E-state index contributed by atoms with van der Waals surface area (Å²) in [4.78, 5) is 15.2. The first-order valence-corrected chi connectivity index (χ1v) is 9.57. The van der Waals surface area contributed by atoms with Gasteiger partial charge in [0, 0.05) is 44.5 Å². The van der Waals surface area contributed by atoms with Crippen molar-refractivity contribution in [2.24, 2.45) is 0 Å². The fraction of sp³-hybridized carbons (Fsp3) is 0.476. The van der Waals surface area contributed by atoms with Gasteiger partial charge in [-0.05, 0) is 31.5 Å². The van der Waals surface area contributed by atoms with Gasteiger partial charge >= 0.3 is 0 Å². The van der Waals surface area contributed by atoms with Crippen molar-refractivity contribution in [3.05, 3.63) is 52.6 Å². The van der Waals surface area contributed by atoms with E-state index in [1.807, 2.05) is 24.5 Å². The molecule has 3 rings (SSSR count). The van der Waals surface area contributed by atoms with Gasteiger partial charge in [0.15, 0.2) is 0 Å². The highest BCUT2D eigenvalue weighted by Crippen LogP contribution is 2.32. The Kier molecular flexibility index (Phi) is 6.70. The van der Waals surface area contributed by atoms with Gasteiger partial charge in [-0.3, -0.25) is 4.79 Å². The summed E-state index contributed by atoms with van der Waals surface area (Å²) in [7, 11) is 1.60. The van der Waals surface area contributed by atoms with Crippen LogP contribution in [0.5, 0.6) is 0 Å². The number of hydrogen-bond donors (Lipinski definition) is 1. The van der Waals surface area contributed by atoms with E-state index >= 15 is 0 Å². The Labute approximate surface area is 165 Å². The largest absolute Gasteiger partial charge is 0.383 e. The van der Waals surface area contributed by atoms with Crippen molar-refractivity contribution in [2.45, 2.75) is 20.4 Å². The number of methoxy groups -OCH3 is 1. The van der Waals surface area contributed by atoms with Crippen molar-refractivity contribution in [1.82, 2.24) is 9.88 Å². The molecule has 1 aromatic heterocycles. The topological polar surface area (TPSA) is 55.7 Å². The number of nitrogens with one attached hydrogen (secondary N) is 1. The number of carbonyl (C=O) groups excluding carboxylic acids is 1. The molecule has 0 unspecified atom stereocenters. The van der Waals surface area contributed by atoms with E-state index in [9.17, 15) is 9.18 Å².